The third-order valence-electron chi connectivity index (χ3n) is 2.88. The molecule has 16 heavy (non-hydrogen) atoms. The highest BCUT2D eigenvalue weighted by Crippen LogP contribution is 2.15. The zero-order valence-corrected chi connectivity index (χ0v) is 11.3. The van der Waals surface area contributed by atoms with Gasteiger partial charge in [-0.15, -0.1) is 0 Å². The Morgan fingerprint density at radius 1 is 1.38 bits per heavy atom. The van der Waals surface area contributed by atoms with Crippen LogP contribution in [-0.4, -0.2) is 65.3 Å². The lowest BCUT2D eigenvalue weighted by Crippen LogP contribution is -2.45. The quantitative estimate of drug-likeness (QED) is 0.662. The van der Waals surface area contributed by atoms with Gasteiger partial charge in [0.1, 0.15) is 0 Å². The van der Waals surface area contributed by atoms with E-state index in [0.29, 0.717) is 6.73 Å². The lowest BCUT2D eigenvalue weighted by molar-refractivity contribution is -0.00555. The highest BCUT2D eigenvalue weighted by atomic mass is 28.4. The van der Waals surface area contributed by atoms with Gasteiger partial charge in [-0.25, -0.2) is 0 Å². The fourth-order valence-corrected chi connectivity index (χ4v) is 3.31. The van der Waals surface area contributed by atoms with Gasteiger partial charge in [0.25, 0.3) is 0 Å². The number of morpholine rings is 1. The largest absolute Gasteiger partial charge is 0.398 e. The number of ether oxygens (including phenoxy) is 1. The molecule has 1 aliphatic rings. The van der Waals surface area contributed by atoms with Gasteiger partial charge in [0, 0.05) is 26.8 Å². The van der Waals surface area contributed by atoms with Crippen LogP contribution in [0.5, 0.6) is 0 Å². The number of aliphatic hydroxyl groups excluding tert-OH is 1. The molecule has 1 rings (SSSR count). The summed E-state index contributed by atoms with van der Waals surface area (Å²) in [6.07, 6.45) is 0.750. The molecule has 5 nitrogen and oxygen atoms in total. The van der Waals surface area contributed by atoms with Crippen LogP contribution >= 0.6 is 0 Å². The van der Waals surface area contributed by atoms with Crippen LogP contribution in [0, 0.1) is 0 Å². The predicted molar refractivity (Wildman–Crippen MR) is 63.5 cm³/mol. The van der Waals surface area contributed by atoms with Crippen LogP contribution in [0.25, 0.3) is 0 Å². The van der Waals surface area contributed by atoms with Crippen molar-refractivity contribution in [3.05, 3.63) is 0 Å². The van der Waals surface area contributed by atoms with Gasteiger partial charge in [-0.3, -0.25) is 4.90 Å². The maximum absolute atomic E-state index is 8.83. The van der Waals surface area contributed by atoms with E-state index in [1.54, 1.807) is 7.11 Å². The van der Waals surface area contributed by atoms with Crippen LogP contribution in [0.15, 0.2) is 0 Å². The summed E-state index contributed by atoms with van der Waals surface area (Å²) < 4.78 is 16.6. The van der Waals surface area contributed by atoms with E-state index in [0.717, 1.165) is 38.8 Å². The van der Waals surface area contributed by atoms with Gasteiger partial charge in [0.2, 0.25) is 0 Å². The molecule has 0 saturated carbocycles. The Bertz CT molecular complexity index is 190. The molecule has 0 aromatic carbocycles. The molecule has 1 atom stereocenters. The van der Waals surface area contributed by atoms with E-state index < -0.39 is 8.56 Å². The van der Waals surface area contributed by atoms with Crippen LogP contribution in [0.4, 0.5) is 0 Å². The first kappa shape index (κ1) is 14.1. The van der Waals surface area contributed by atoms with Gasteiger partial charge in [-0.2, -0.15) is 0 Å². The van der Waals surface area contributed by atoms with Crippen molar-refractivity contribution in [3.63, 3.8) is 0 Å². The Kier molecular flexibility index (Phi) is 6.48. The first-order valence-corrected chi connectivity index (χ1v) is 8.32. The summed E-state index contributed by atoms with van der Waals surface area (Å²) in [5.74, 6) is 0. The normalized spacial score (nSPS) is 21.9. The van der Waals surface area contributed by atoms with Crippen molar-refractivity contribution >= 4 is 8.56 Å². The molecule has 0 bridgehead atoms. The van der Waals surface area contributed by atoms with E-state index in [1.807, 2.05) is 6.55 Å². The summed E-state index contributed by atoms with van der Waals surface area (Å²) >= 11 is 0. The van der Waals surface area contributed by atoms with Crippen molar-refractivity contribution < 1.29 is 18.7 Å². The molecule has 0 aromatic rings. The summed E-state index contributed by atoms with van der Waals surface area (Å²) in [4.78, 5) is 2.23. The molecule has 0 aliphatic carbocycles. The SMILES string of the molecule is CO[Si](C)(CCCO)OCN1CCOCC1. The van der Waals surface area contributed by atoms with Crippen LogP contribution in [0.1, 0.15) is 6.42 Å². The van der Waals surface area contributed by atoms with Crippen LogP contribution in [-0.2, 0) is 13.6 Å². The average Bonchev–Trinajstić information content (AvgIpc) is 2.35. The molecule has 1 unspecified atom stereocenters. The summed E-state index contributed by atoms with van der Waals surface area (Å²) in [6.45, 7) is 6.28. The molecule has 0 radical (unpaired) electrons. The van der Waals surface area contributed by atoms with Gasteiger partial charge in [0.15, 0.2) is 0 Å². The molecule has 1 heterocycles. The molecule has 1 saturated heterocycles. The third-order valence-corrected chi connectivity index (χ3v) is 5.74. The van der Waals surface area contributed by atoms with Crippen molar-refractivity contribution in [2.24, 2.45) is 0 Å². The maximum Gasteiger partial charge on any atom is 0.335 e. The lowest BCUT2D eigenvalue weighted by atomic mass is 10.5. The highest BCUT2D eigenvalue weighted by Gasteiger charge is 2.30. The zero-order valence-electron chi connectivity index (χ0n) is 10.3. The molecule has 0 amide bonds. The fourth-order valence-electron chi connectivity index (χ4n) is 1.59. The topological polar surface area (TPSA) is 51.2 Å². The molecular formula is C10H23NO4Si. The van der Waals surface area contributed by atoms with Gasteiger partial charge in [0.05, 0.1) is 19.9 Å². The second-order valence-corrected chi connectivity index (χ2v) is 7.63. The summed E-state index contributed by atoms with van der Waals surface area (Å²) in [6, 6.07) is 0.838. The first-order chi connectivity index (χ1) is 7.70. The molecule has 6 heteroatoms. The molecule has 1 fully saturated rings. The Labute approximate surface area is 98.5 Å². The Hall–Kier alpha value is 0.0169. The number of hydrogen-bond acceptors (Lipinski definition) is 5. The number of aliphatic hydroxyl groups is 1. The fraction of sp³-hybridized carbons (Fsp3) is 1.00. The second-order valence-electron chi connectivity index (χ2n) is 4.17. The van der Waals surface area contributed by atoms with E-state index in [4.69, 9.17) is 18.7 Å². The summed E-state index contributed by atoms with van der Waals surface area (Å²) in [7, 11) is -0.373. The number of nitrogens with zero attached hydrogens (tertiary/aromatic N) is 1. The van der Waals surface area contributed by atoms with Gasteiger partial charge >= 0.3 is 8.56 Å². The maximum atomic E-state index is 8.83. The van der Waals surface area contributed by atoms with Crippen LogP contribution < -0.4 is 0 Å². The molecule has 0 aromatic heterocycles. The van der Waals surface area contributed by atoms with Crippen molar-refractivity contribution in [2.75, 3.05) is 46.8 Å². The molecule has 1 aliphatic heterocycles. The smallest absolute Gasteiger partial charge is 0.335 e. The molecule has 1 N–H and O–H groups in total. The molecule has 96 valence electrons. The Balaban J connectivity index is 2.25. The minimum atomic E-state index is -2.07. The number of hydrogen-bond donors (Lipinski definition) is 1. The van der Waals surface area contributed by atoms with E-state index >= 15 is 0 Å². The molecule has 0 spiro atoms. The van der Waals surface area contributed by atoms with E-state index in [-0.39, 0.29) is 6.61 Å². The second kappa shape index (κ2) is 7.36. The molecular weight excluding hydrogens is 226 g/mol. The highest BCUT2D eigenvalue weighted by molar-refractivity contribution is 6.65. The van der Waals surface area contributed by atoms with Gasteiger partial charge in [-0.1, -0.05) is 0 Å². The standard InChI is InChI=1S/C10H23NO4Si/c1-13-16(2,9-3-6-12)15-10-11-4-7-14-8-5-11/h12H,3-10H2,1-2H3. The minimum Gasteiger partial charge on any atom is -0.398 e. The van der Waals surface area contributed by atoms with E-state index in [9.17, 15) is 0 Å². The number of rotatable bonds is 7. The third kappa shape index (κ3) is 4.90. The first-order valence-electron chi connectivity index (χ1n) is 5.80. The Morgan fingerprint density at radius 2 is 2.06 bits per heavy atom. The van der Waals surface area contributed by atoms with Crippen molar-refractivity contribution in [1.29, 1.82) is 0 Å². The van der Waals surface area contributed by atoms with Gasteiger partial charge in [-0.05, 0) is 19.0 Å². The van der Waals surface area contributed by atoms with Crippen molar-refractivity contribution in [3.8, 4) is 0 Å². The summed E-state index contributed by atoms with van der Waals surface area (Å²) in [5.41, 5.74) is 0. The lowest BCUT2D eigenvalue weighted by Gasteiger charge is -2.31. The minimum absolute atomic E-state index is 0.201. The van der Waals surface area contributed by atoms with Crippen molar-refractivity contribution in [2.45, 2.75) is 19.0 Å². The van der Waals surface area contributed by atoms with Crippen LogP contribution in [0.3, 0.4) is 0 Å². The zero-order chi connectivity index (χ0) is 11.9. The summed E-state index contributed by atoms with van der Waals surface area (Å²) in [5, 5.41) is 8.83. The average molecular weight is 249 g/mol. The van der Waals surface area contributed by atoms with E-state index in [1.165, 1.54) is 0 Å². The van der Waals surface area contributed by atoms with Gasteiger partial charge < -0.3 is 18.7 Å². The monoisotopic (exact) mass is 249 g/mol. The predicted octanol–water partition coefficient (Wildman–Crippen LogP) is 0.393. The Morgan fingerprint density at radius 3 is 2.62 bits per heavy atom. The van der Waals surface area contributed by atoms with E-state index in [2.05, 4.69) is 4.90 Å². The van der Waals surface area contributed by atoms with Crippen LogP contribution in [0.2, 0.25) is 12.6 Å². The van der Waals surface area contributed by atoms with Crippen molar-refractivity contribution in [1.82, 2.24) is 4.90 Å².